The van der Waals surface area contributed by atoms with E-state index in [0.29, 0.717) is 18.1 Å². The van der Waals surface area contributed by atoms with Crippen molar-refractivity contribution < 1.29 is 9.59 Å². The molecule has 1 N–H and O–H groups in total. The topological polar surface area (TPSA) is 49.4 Å². The Hall–Kier alpha value is -1.98. The molecule has 0 aromatic heterocycles. The van der Waals surface area contributed by atoms with Crippen molar-refractivity contribution in [1.82, 2.24) is 10.2 Å². The molecule has 0 heterocycles. The lowest BCUT2D eigenvalue weighted by atomic mass is 10.1. The maximum atomic E-state index is 13.0. The van der Waals surface area contributed by atoms with Crippen molar-refractivity contribution in [3.63, 3.8) is 0 Å². The van der Waals surface area contributed by atoms with Gasteiger partial charge in [0.15, 0.2) is 0 Å². The van der Waals surface area contributed by atoms with E-state index >= 15 is 0 Å². The summed E-state index contributed by atoms with van der Waals surface area (Å²) in [6, 6.07) is 14.9. The third kappa shape index (κ3) is 7.75. The molecule has 156 valence electrons. The summed E-state index contributed by atoms with van der Waals surface area (Å²) in [6.45, 7) is 6.93. The van der Waals surface area contributed by atoms with Crippen LogP contribution in [-0.4, -0.2) is 35.1 Å². The summed E-state index contributed by atoms with van der Waals surface area (Å²) in [7, 11) is 0. The van der Waals surface area contributed by atoms with Gasteiger partial charge in [-0.15, -0.1) is 11.8 Å². The van der Waals surface area contributed by atoms with Crippen LogP contribution in [0.4, 0.5) is 0 Å². The monoisotopic (exact) mass is 432 g/mol. The predicted octanol–water partition coefficient (Wildman–Crippen LogP) is 5.07. The Morgan fingerprint density at radius 2 is 1.90 bits per heavy atom. The molecule has 0 unspecified atom stereocenters. The molecule has 0 aliphatic rings. The molecule has 0 spiro atoms. The lowest BCUT2D eigenvalue weighted by Crippen LogP contribution is -2.48. The third-order valence-corrected chi connectivity index (χ3v) is 5.86. The highest BCUT2D eigenvalue weighted by Crippen LogP contribution is 2.22. The van der Waals surface area contributed by atoms with Crippen molar-refractivity contribution in [2.24, 2.45) is 0 Å². The minimum absolute atomic E-state index is 0.0652. The molecular weight excluding hydrogens is 404 g/mol. The van der Waals surface area contributed by atoms with Crippen molar-refractivity contribution in [1.29, 1.82) is 0 Å². The van der Waals surface area contributed by atoms with Gasteiger partial charge < -0.3 is 10.2 Å². The van der Waals surface area contributed by atoms with Crippen molar-refractivity contribution in [3.8, 4) is 0 Å². The summed E-state index contributed by atoms with van der Waals surface area (Å²) in [5.41, 5.74) is 2.15. The fraction of sp³-hybridized carbons (Fsp3) is 0.391. The van der Waals surface area contributed by atoms with Gasteiger partial charge in [0.2, 0.25) is 11.8 Å². The molecule has 29 heavy (non-hydrogen) atoms. The number of aryl methyl sites for hydroxylation is 1. The van der Waals surface area contributed by atoms with E-state index in [0.717, 1.165) is 28.9 Å². The van der Waals surface area contributed by atoms with Gasteiger partial charge in [-0.1, -0.05) is 54.8 Å². The number of unbranched alkanes of at least 4 members (excludes halogenated alkanes) is 1. The average Bonchev–Trinajstić information content (AvgIpc) is 2.71. The first-order valence-electron chi connectivity index (χ1n) is 9.91. The van der Waals surface area contributed by atoms with Gasteiger partial charge in [-0.05, 0) is 50.1 Å². The van der Waals surface area contributed by atoms with E-state index in [-0.39, 0.29) is 17.6 Å². The molecule has 0 fully saturated rings. The first-order valence-corrected chi connectivity index (χ1v) is 11.3. The molecular formula is C23H29ClN2O2S. The van der Waals surface area contributed by atoms with E-state index in [4.69, 9.17) is 11.6 Å². The third-order valence-electron chi connectivity index (χ3n) is 4.61. The number of thioether (sulfide) groups is 1. The lowest BCUT2D eigenvalue weighted by Gasteiger charge is -2.29. The second-order valence-electron chi connectivity index (χ2n) is 7.07. The Balaban J connectivity index is 2.10. The molecule has 2 aromatic carbocycles. The number of nitrogens with one attached hydrogen (secondary N) is 1. The first-order chi connectivity index (χ1) is 13.9. The van der Waals surface area contributed by atoms with E-state index in [1.807, 2.05) is 55.5 Å². The zero-order valence-corrected chi connectivity index (χ0v) is 18.9. The number of hydrogen-bond acceptors (Lipinski definition) is 3. The Morgan fingerprint density at radius 3 is 2.55 bits per heavy atom. The second kappa shape index (κ2) is 11.9. The van der Waals surface area contributed by atoms with E-state index in [1.54, 1.807) is 11.8 Å². The Bertz CT molecular complexity index is 811. The van der Waals surface area contributed by atoms with E-state index in [2.05, 4.69) is 12.2 Å². The van der Waals surface area contributed by atoms with Crippen LogP contribution in [0.1, 0.15) is 37.8 Å². The molecule has 0 saturated heterocycles. The minimum atomic E-state index is -0.536. The number of nitrogens with zero attached hydrogens (tertiary/aromatic N) is 1. The highest BCUT2D eigenvalue weighted by atomic mass is 35.5. The SMILES string of the molecule is CCCCNC(=O)[C@@H](C)N(Cc1cccc(C)c1)C(=O)CSc1ccc(Cl)cc1. The van der Waals surface area contributed by atoms with Crippen LogP contribution in [-0.2, 0) is 16.1 Å². The lowest BCUT2D eigenvalue weighted by molar-refractivity contribution is -0.138. The van der Waals surface area contributed by atoms with Gasteiger partial charge in [-0.25, -0.2) is 0 Å². The molecule has 0 radical (unpaired) electrons. The summed E-state index contributed by atoms with van der Waals surface area (Å²) in [4.78, 5) is 28.3. The standard InChI is InChI=1S/C23H29ClN2O2S/c1-4-5-13-25-23(28)18(3)26(15-19-8-6-7-17(2)14-19)22(27)16-29-21-11-9-20(24)10-12-21/h6-12,14,18H,4-5,13,15-16H2,1-3H3,(H,25,28)/t18-/m1/s1. The van der Waals surface area contributed by atoms with Crippen molar-refractivity contribution >= 4 is 35.2 Å². The van der Waals surface area contributed by atoms with Gasteiger partial charge >= 0.3 is 0 Å². The summed E-state index contributed by atoms with van der Waals surface area (Å²) in [5.74, 6) is 0.0839. The number of carbonyl (C=O) groups excluding carboxylic acids is 2. The second-order valence-corrected chi connectivity index (χ2v) is 8.56. The molecule has 2 amide bonds. The largest absolute Gasteiger partial charge is 0.354 e. The minimum Gasteiger partial charge on any atom is -0.354 e. The molecule has 0 bridgehead atoms. The van der Waals surface area contributed by atoms with Crippen LogP contribution in [0.5, 0.6) is 0 Å². The maximum absolute atomic E-state index is 13.0. The summed E-state index contributed by atoms with van der Waals surface area (Å²) in [6.07, 6.45) is 1.94. The smallest absolute Gasteiger partial charge is 0.242 e. The van der Waals surface area contributed by atoms with Crippen LogP contribution in [0.25, 0.3) is 0 Å². The fourth-order valence-corrected chi connectivity index (χ4v) is 3.80. The van der Waals surface area contributed by atoms with Gasteiger partial charge in [0.1, 0.15) is 6.04 Å². The van der Waals surface area contributed by atoms with Crippen LogP contribution >= 0.6 is 23.4 Å². The van der Waals surface area contributed by atoms with Crippen LogP contribution in [0.3, 0.4) is 0 Å². The zero-order chi connectivity index (χ0) is 21.2. The molecule has 6 heteroatoms. The van der Waals surface area contributed by atoms with Gasteiger partial charge in [-0.2, -0.15) is 0 Å². The highest BCUT2D eigenvalue weighted by Gasteiger charge is 2.26. The van der Waals surface area contributed by atoms with Gasteiger partial charge in [0, 0.05) is 23.0 Å². The predicted molar refractivity (Wildman–Crippen MR) is 121 cm³/mol. The zero-order valence-electron chi connectivity index (χ0n) is 17.3. The summed E-state index contributed by atoms with van der Waals surface area (Å²) < 4.78 is 0. The summed E-state index contributed by atoms with van der Waals surface area (Å²) >= 11 is 7.38. The van der Waals surface area contributed by atoms with Crippen LogP contribution < -0.4 is 5.32 Å². The molecule has 1 atom stereocenters. The number of amides is 2. The highest BCUT2D eigenvalue weighted by molar-refractivity contribution is 8.00. The van der Waals surface area contributed by atoms with Gasteiger partial charge in [0.25, 0.3) is 0 Å². The number of rotatable bonds is 10. The van der Waals surface area contributed by atoms with Gasteiger partial charge in [-0.3, -0.25) is 9.59 Å². The van der Waals surface area contributed by atoms with Gasteiger partial charge in [0.05, 0.1) is 5.75 Å². The quantitative estimate of drug-likeness (QED) is 0.421. The normalized spacial score (nSPS) is 11.7. The molecule has 0 aliphatic carbocycles. The maximum Gasteiger partial charge on any atom is 0.242 e. The van der Waals surface area contributed by atoms with Crippen LogP contribution in [0.15, 0.2) is 53.4 Å². The van der Waals surface area contributed by atoms with Crippen LogP contribution in [0, 0.1) is 6.92 Å². The van der Waals surface area contributed by atoms with E-state index in [1.165, 1.54) is 11.8 Å². The van der Waals surface area contributed by atoms with Crippen LogP contribution in [0.2, 0.25) is 5.02 Å². The Kier molecular flexibility index (Phi) is 9.55. The molecule has 0 saturated carbocycles. The Labute approximate surface area is 183 Å². The number of benzene rings is 2. The molecule has 2 aromatic rings. The summed E-state index contributed by atoms with van der Waals surface area (Å²) in [5, 5.41) is 3.61. The molecule has 2 rings (SSSR count). The molecule has 0 aliphatic heterocycles. The van der Waals surface area contributed by atoms with E-state index in [9.17, 15) is 9.59 Å². The Morgan fingerprint density at radius 1 is 1.17 bits per heavy atom. The first kappa shape index (κ1) is 23.3. The fourth-order valence-electron chi connectivity index (χ4n) is 2.88. The number of carbonyl (C=O) groups is 2. The number of halogens is 1. The van der Waals surface area contributed by atoms with Crippen molar-refractivity contribution in [3.05, 3.63) is 64.7 Å². The number of hydrogen-bond donors (Lipinski definition) is 1. The average molecular weight is 433 g/mol. The van der Waals surface area contributed by atoms with Crippen molar-refractivity contribution in [2.75, 3.05) is 12.3 Å². The van der Waals surface area contributed by atoms with E-state index < -0.39 is 6.04 Å². The molecule has 4 nitrogen and oxygen atoms in total. The van der Waals surface area contributed by atoms with Crippen molar-refractivity contribution in [2.45, 2.75) is 51.1 Å².